The summed E-state index contributed by atoms with van der Waals surface area (Å²) in [5.41, 5.74) is -6.77. The van der Waals surface area contributed by atoms with Crippen molar-refractivity contribution in [3.05, 3.63) is 4.13 Å². The highest BCUT2D eigenvalue weighted by Crippen LogP contribution is 2.60. The van der Waals surface area contributed by atoms with Crippen LogP contribution in [0.3, 0.4) is 0 Å². The summed E-state index contributed by atoms with van der Waals surface area (Å²) >= 11 is 0. The lowest BCUT2D eigenvalue weighted by atomic mass is 9.50. The second kappa shape index (κ2) is 6.49. The summed E-state index contributed by atoms with van der Waals surface area (Å²) in [4.78, 5) is 11.7. The quantitative estimate of drug-likeness (QED) is 0.451. The maximum absolute atomic E-state index is 13.9. The Morgan fingerprint density at radius 3 is 1.71 bits per heavy atom. The van der Waals surface area contributed by atoms with E-state index in [0.717, 1.165) is 19.3 Å². The number of hydrogen-bond acceptors (Lipinski definition) is 6. The first-order valence-electron chi connectivity index (χ1n) is 8.42. The van der Waals surface area contributed by atoms with Crippen LogP contribution in [0.5, 0.6) is 0 Å². The van der Waals surface area contributed by atoms with Gasteiger partial charge in [-0.2, -0.15) is 22.0 Å². The standard InChI is InChI=1S/C14H17F5NO6S2/c15-13(16,27(22,23)20-28(24,25)14(17,18)19)11(21)26-7-12-4-8-1-9(5-12)3-10(2-8)6-12/h8-10H,1-7H2/q-1. The summed E-state index contributed by atoms with van der Waals surface area (Å²) in [6.07, 6.45) is 4.93. The number of esters is 1. The van der Waals surface area contributed by atoms with E-state index in [1.807, 2.05) is 0 Å². The van der Waals surface area contributed by atoms with Crippen molar-refractivity contribution in [2.24, 2.45) is 23.2 Å². The Morgan fingerprint density at radius 2 is 1.32 bits per heavy atom. The van der Waals surface area contributed by atoms with Gasteiger partial charge in [-0.05, 0) is 56.3 Å². The third kappa shape index (κ3) is 3.74. The van der Waals surface area contributed by atoms with Crippen LogP contribution >= 0.6 is 0 Å². The van der Waals surface area contributed by atoms with Crippen LogP contribution < -0.4 is 0 Å². The van der Waals surface area contributed by atoms with Crippen molar-refractivity contribution < 1.29 is 48.3 Å². The smallest absolute Gasteiger partial charge is 0.460 e. The van der Waals surface area contributed by atoms with Crippen LogP contribution in [0.25, 0.3) is 4.13 Å². The van der Waals surface area contributed by atoms with E-state index in [-0.39, 0.29) is 0 Å². The highest BCUT2D eigenvalue weighted by atomic mass is 32.3. The van der Waals surface area contributed by atoms with E-state index in [0.29, 0.717) is 37.0 Å². The molecule has 0 N–H and O–H groups in total. The minimum absolute atomic E-state index is 0.376. The molecule has 0 saturated heterocycles. The predicted molar refractivity (Wildman–Crippen MR) is 83.8 cm³/mol. The van der Waals surface area contributed by atoms with Gasteiger partial charge in [-0.3, -0.25) is 0 Å². The van der Waals surface area contributed by atoms with Crippen molar-refractivity contribution in [1.82, 2.24) is 0 Å². The van der Waals surface area contributed by atoms with Crippen molar-refractivity contribution in [2.75, 3.05) is 6.61 Å². The van der Waals surface area contributed by atoms with Crippen molar-refractivity contribution in [3.63, 3.8) is 0 Å². The number of nitrogens with zero attached hydrogens (tertiary/aromatic N) is 1. The van der Waals surface area contributed by atoms with Crippen molar-refractivity contribution in [1.29, 1.82) is 0 Å². The van der Waals surface area contributed by atoms with Gasteiger partial charge in [-0.15, -0.1) is 0 Å². The van der Waals surface area contributed by atoms with E-state index in [9.17, 15) is 43.6 Å². The molecular weight excluding hydrogens is 437 g/mol. The first-order chi connectivity index (χ1) is 12.6. The van der Waals surface area contributed by atoms with Gasteiger partial charge in [0.05, 0.1) is 6.61 Å². The first-order valence-corrected chi connectivity index (χ1v) is 11.3. The van der Waals surface area contributed by atoms with E-state index in [1.54, 1.807) is 0 Å². The van der Waals surface area contributed by atoms with Crippen LogP contribution in [0.15, 0.2) is 0 Å². The van der Waals surface area contributed by atoms with Crippen molar-refractivity contribution in [2.45, 2.75) is 49.3 Å². The largest absolute Gasteiger partial charge is 0.480 e. The minimum Gasteiger partial charge on any atom is -0.460 e. The van der Waals surface area contributed by atoms with E-state index in [2.05, 4.69) is 4.74 Å². The van der Waals surface area contributed by atoms with Gasteiger partial charge in [0, 0.05) is 5.41 Å². The highest BCUT2D eigenvalue weighted by Gasteiger charge is 2.55. The fourth-order valence-corrected chi connectivity index (χ4v) is 7.11. The van der Waals surface area contributed by atoms with Gasteiger partial charge in [0.25, 0.3) is 0 Å². The molecule has 0 unspecified atom stereocenters. The van der Waals surface area contributed by atoms with Gasteiger partial charge in [0.2, 0.25) is 0 Å². The van der Waals surface area contributed by atoms with Crippen molar-refractivity contribution >= 4 is 26.0 Å². The zero-order chi connectivity index (χ0) is 21.2. The average Bonchev–Trinajstić information content (AvgIpc) is 2.49. The van der Waals surface area contributed by atoms with E-state index < -0.39 is 48.8 Å². The van der Waals surface area contributed by atoms with Gasteiger partial charge in [-0.25, -0.2) is 21.6 Å². The lowest BCUT2D eigenvalue weighted by molar-refractivity contribution is -0.171. The minimum atomic E-state index is -6.77. The Balaban J connectivity index is 1.69. The molecular formula is C14H17F5NO6S2-. The van der Waals surface area contributed by atoms with Crippen LogP contribution in [0, 0.1) is 23.2 Å². The Bertz CT molecular complexity index is 832. The van der Waals surface area contributed by atoms with Crippen LogP contribution in [-0.4, -0.2) is 40.2 Å². The highest BCUT2D eigenvalue weighted by molar-refractivity contribution is 8.13. The molecule has 0 radical (unpaired) electrons. The molecule has 4 fully saturated rings. The van der Waals surface area contributed by atoms with Gasteiger partial charge < -0.3 is 8.86 Å². The summed E-state index contributed by atoms with van der Waals surface area (Å²) in [5, 5.41) is -5.56. The molecule has 7 nitrogen and oxygen atoms in total. The molecule has 0 aromatic carbocycles. The third-order valence-corrected chi connectivity index (χ3v) is 8.69. The topological polar surface area (TPSA) is 109 Å². The molecule has 0 heterocycles. The fourth-order valence-electron chi connectivity index (χ4n) is 5.09. The van der Waals surface area contributed by atoms with Crippen molar-refractivity contribution in [3.8, 4) is 0 Å². The molecule has 28 heavy (non-hydrogen) atoms. The number of hydrogen-bond donors (Lipinski definition) is 0. The summed E-state index contributed by atoms with van der Waals surface area (Å²) in [7, 11) is -13.4. The number of alkyl halides is 5. The molecule has 0 aromatic heterocycles. The fraction of sp³-hybridized carbons (Fsp3) is 0.929. The maximum Gasteiger partial charge on any atom is 0.480 e. The number of sulfonamides is 2. The molecule has 0 spiro atoms. The molecule has 0 aromatic rings. The summed E-state index contributed by atoms with van der Waals surface area (Å²) in [6.45, 7) is -0.494. The van der Waals surface area contributed by atoms with E-state index >= 15 is 0 Å². The average molecular weight is 454 g/mol. The van der Waals surface area contributed by atoms with Crippen LogP contribution in [0.4, 0.5) is 22.0 Å². The molecule has 4 aliphatic carbocycles. The second-order valence-corrected chi connectivity index (χ2v) is 11.5. The Hall–Kier alpha value is -1.02. The number of halogens is 5. The Morgan fingerprint density at radius 1 is 0.893 bits per heavy atom. The second-order valence-electron chi connectivity index (χ2n) is 7.98. The maximum atomic E-state index is 13.9. The molecule has 4 rings (SSSR count). The molecule has 0 amide bonds. The normalized spacial score (nSPS) is 33.1. The molecule has 4 aliphatic rings. The van der Waals surface area contributed by atoms with Crippen LogP contribution in [0.2, 0.25) is 0 Å². The lowest BCUT2D eigenvalue weighted by Crippen LogP contribution is -2.49. The third-order valence-electron chi connectivity index (χ3n) is 5.72. The first kappa shape index (κ1) is 21.7. The molecule has 14 heteroatoms. The monoisotopic (exact) mass is 454 g/mol. The number of ether oxygens (including phenoxy) is 1. The SMILES string of the molecule is O=C(OCC12CC3CC(CC(C3)C1)C2)C(F)(F)S(=O)(=O)[N-]S(=O)(=O)C(F)(F)F. The Labute approximate surface area is 158 Å². The molecule has 4 bridgehead atoms. The van der Waals surface area contributed by atoms with Crippen LogP contribution in [-0.2, 0) is 29.6 Å². The lowest BCUT2D eigenvalue weighted by Gasteiger charge is -2.56. The van der Waals surface area contributed by atoms with Gasteiger partial charge in [-0.1, -0.05) is 0 Å². The molecule has 0 aliphatic heterocycles. The van der Waals surface area contributed by atoms with Gasteiger partial charge >= 0.3 is 16.7 Å². The van der Waals surface area contributed by atoms with Gasteiger partial charge in [0.15, 0.2) is 20.0 Å². The zero-order valence-corrected chi connectivity index (χ0v) is 15.9. The van der Waals surface area contributed by atoms with Crippen LogP contribution in [0.1, 0.15) is 38.5 Å². The molecule has 4 saturated carbocycles. The van der Waals surface area contributed by atoms with Gasteiger partial charge in [0.1, 0.15) is 0 Å². The van der Waals surface area contributed by atoms with E-state index in [1.165, 1.54) is 4.13 Å². The molecule has 162 valence electrons. The number of carbonyl (C=O) groups excluding carboxylic acids is 1. The summed E-state index contributed by atoms with van der Waals surface area (Å²) < 4.78 is 114. The number of rotatable bonds is 6. The summed E-state index contributed by atoms with van der Waals surface area (Å²) in [5.74, 6) is -1.51. The molecule has 0 atom stereocenters. The zero-order valence-electron chi connectivity index (χ0n) is 14.3. The predicted octanol–water partition coefficient (Wildman–Crippen LogP) is 2.89. The van der Waals surface area contributed by atoms with E-state index in [4.69, 9.17) is 0 Å². The Kier molecular flexibility index (Phi) is 5.03. The summed E-state index contributed by atoms with van der Waals surface area (Å²) in [6, 6.07) is 0. The number of carbonyl (C=O) groups is 1.